The molecule has 0 aromatic carbocycles. The van der Waals surface area contributed by atoms with Gasteiger partial charge in [0.1, 0.15) is 6.61 Å². The fourth-order valence-electron chi connectivity index (χ4n) is 5.13. The first-order valence-corrected chi connectivity index (χ1v) is 21.0. The Hall–Kier alpha value is -1.77. The maximum atomic E-state index is 12.5. The van der Waals surface area contributed by atoms with Gasteiger partial charge in [-0.15, -0.1) is 0 Å². The highest BCUT2D eigenvalue weighted by atomic mass is 31.2. The van der Waals surface area contributed by atoms with Crippen molar-refractivity contribution >= 4 is 19.8 Å². The number of phosphoric ester groups is 1. The number of nitrogens with two attached hydrogens (primary N) is 1. The van der Waals surface area contributed by atoms with Crippen molar-refractivity contribution in [1.29, 1.82) is 0 Å². The zero-order valence-electron chi connectivity index (χ0n) is 31.2. The van der Waals surface area contributed by atoms with Crippen molar-refractivity contribution in [3.63, 3.8) is 0 Å². The van der Waals surface area contributed by atoms with Gasteiger partial charge < -0.3 is 20.1 Å². The lowest BCUT2D eigenvalue weighted by atomic mass is 10.0. The molecule has 0 aromatic rings. The SMILES string of the molecule is CCCCCCCC=CCC=CCC=CCCC(=O)OC(COC(=O)CCCCCCCCCCCCCCC)COP(=O)(O)OCCN. The first-order chi connectivity index (χ1) is 23.8. The second kappa shape index (κ2) is 36.0. The van der Waals surface area contributed by atoms with Crippen LogP contribution in [0.25, 0.3) is 0 Å². The van der Waals surface area contributed by atoms with E-state index in [-0.39, 0.29) is 32.6 Å². The number of hydrogen-bond acceptors (Lipinski definition) is 8. The zero-order chi connectivity index (χ0) is 36.1. The number of esters is 2. The Morgan fingerprint density at radius 2 is 1.10 bits per heavy atom. The van der Waals surface area contributed by atoms with Gasteiger partial charge in [0.25, 0.3) is 0 Å². The van der Waals surface area contributed by atoms with Crippen LogP contribution in [0.2, 0.25) is 0 Å². The first kappa shape index (κ1) is 47.2. The van der Waals surface area contributed by atoms with E-state index in [2.05, 4.69) is 38.2 Å². The minimum Gasteiger partial charge on any atom is -0.462 e. The Morgan fingerprint density at radius 3 is 1.65 bits per heavy atom. The molecule has 0 aliphatic carbocycles. The fraction of sp³-hybridized carbons (Fsp3) is 0.795. The Morgan fingerprint density at radius 1 is 0.612 bits per heavy atom. The van der Waals surface area contributed by atoms with E-state index in [1.54, 1.807) is 0 Å². The van der Waals surface area contributed by atoms with Crippen LogP contribution in [0.3, 0.4) is 0 Å². The highest BCUT2D eigenvalue weighted by Gasteiger charge is 2.25. The van der Waals surface area contributed by atoms with Crippen molar-refractivity contribution in [2.24, 2.45) is 5.73 Å². The van der Waals surface area contributed by atoms with Crippen molar-refractivity contribution < 1.29 is 37.6 Å². The molecule has 0 saturated carbocycles. The van der Waals surface area contributed by atoms with Crippen LogP contribution < -0.4 is 5.73 Å². The minimum atomic E-state index is -4.38. The number of allylic oxidation sites excluding steroid dienone is 6. The second-order valence-corrected chi connectivity index (χ2v) is 14.3. The summed E-state index contributed by atoms with van der Waals surface area (Å²) in [6.45, 7) is 3.63. The van der Waals surface area contributed by atoms with Gasteiger partial charge in [0.05, 0.1) is 13.2 Å². The first-order valence-electron chi connectivity index (χ1n) is 19.5. The molecule has 0 rings (SSSR count). The average molecular weight is 714 g/mol. The van der Waals surface area contributed by atoms with Crippen LogP contribution in [0, 0.1) is 0 Å². The quantitative estimate of drug-likeness (QED) is 0.0281. The molecule has 0 amide bonds. The van der Waals surface area contributed by atoms with Crippen LogP contribution in [0.15, 0.2) is 36.5 Å². The summed E-state index contributed by atoms with van der Waals surface area (Å²) in [6, 6.07) is 0. The van der Waals surface area contributed by atoms with Crippen LogP contribution in [0.5, 0.6) is 0 Å². The number of rotatable bonds is 36. The molecule has 0 spiro atoms. The highest BCUT2D eigenvalue weighted by molar-refractivity contribution is 7.47. The lowest BCUT2D eigenvalue weighted by molar-refractivity contribution is -0.161. The van der Waals surface area contributed by atoms with Gasteiger partial charge in [-0.3, -0.25) is 18.6 Å². The molecule has 0 heterocycles. The maximum absolute atomic E-state index is 12.5. The van der Waals surface area contributed by atoms with Gasteiger partial charge in [0, 0.05) is 19.4 Å². The standard InChI is InChI=1S/C39H72NO8P/c1-3-5-7-9-11-13-15-17-18-20-22-24-26-28-30-32-39(42)48-37(36-47-49(43,44)46-34-33-40)35-45-38(41)31-29-27-25-23-21-19-16-14-12-10-8-6-4-2/h15,17,20,22,26,28,37H,3-14,16,18-19,21,23-25,27,29-36,40H2,1-2H3,(H,43,44). The summed E-state index contributed by atoms with van der Waals surface area (Å²) in [7, 11) is -4.38. The Bertz CT molecular complexity index is 907. The molecule has 0 radical (unpaired) electrons. The molecule has 286 valence electrons. The number of carbonyl (C=O) groups excluding carboxylic acids is 2. The number of ether oxygens (including phenoxy) is 2. The predicted octanol–water partition coefficient (Wildman–Crippen LogP) is 10.6. The van der Waals surface area contributed by atoms with E-state index < -0.39 is 32.5 Å². The molecule has 0 bridgehead atoms. The molecule has 0 aromatic heterocycles. The summed E-state index contributed by atoms with van der Waals surface area (Å²) in [4.78, 5) is 34.7. The number of hydrogen-bond donors (Lipinski definition) is 2. The molecule has 0 saturated heterocycles. The van der Waals surface area contributed by atoms with Crippen molar-refractivity contribution in [2.45, 2.75) is 174 Å². The molecule has 2 unspecified atom stereocenters. The molecule has 10 heteroatoms. The summed E-state index contributed by atoms with van der Waals surface area (Å²) in [5.41, 5.74) is 5.33. The molecule has 0 aliphatic rings. The van der Waals surface area contributed by atoms with E-state index in [1.807, 2.05) is 12.2 Å². The Kier molecular flexibility index (Phi) is 34.7. The highest BCUT2D eigenvalue weighted by Crippen LogP contribution is 2.43. The van der Waals surface area contributed by atoms with E-state index in [0.29, 0.717) is 6.42 Å². The van der Waals surface area contributed by atoms with Gasteiger partial charge in [-0.25, -0.2) is 4.57 Å². The summed E-state index contributed by atoms with van der Waals surface area (Å²) in [5, 5.41) is 0. The number of phosphoric acid groups is 1. The van der Waals surface area contributed by atoms with Crippen molar-refractivity contribution in [3.8, 4) is 0 Å². The van der Waals surface area contributed by atoms with E-state index in [1.165, 1.54) is 96.3 Å². The van der Waals surface area contributed by atoms with E-state index in [0.717, 1.165) is 38.5 Å². The molecule has 2 atom stereocenters. The lowest BCUT2D eigenvalue weighted by Gasteiger charge is -2.19. The predicted molar refractivity (Wildman–Crippen MR) is 201 cm³/mol. The van der Waals surface area contributed by atoms with Crippen LogP contribution in [0.1, 0.15) is 168 Å². The lowest BCUT2D eigenvalue weighted by Crippen LogP contribution is -2.29. The van der Waals surface area contributed by atoms with Gasteiger partial charge in [-0.1, -0.05) is 153 Å². The summed E-state index contributed by atoms with van der Waals surface area (Å²) < 4.78 is 32.6. The normalized spacial score (nSPS) is 13.8. The van der Waals surface area contributed by atoms with Crippen LogP contribution in [-0.4, -0.2) is 49.3 Å². The van der Waals surface area contributed by atoms with Crippen molar-refractivity contribution in [3.05, 3.63) is 36.5 Å². The van der Waals surface area contributed by atoms with Gasteiger partial charge in [0.15, 0.2) is 6.10 Å². The molecule has 49 heavy (non-hydrogen) atoms. The molecule has 3 N–H and O–H groups in total. The largest absolute Gasteiger partial charge is 0.472 e. The van der Waals surface area contributed by atoms with Gasteiger partial charge in [-0.05, 0) is 38.5 Å². The topological polar surface area (TPSA) is 134 Å². The summed E-state index contributed by atoms with van der Waals surface area (Å²) in [5.74, 6) is -0.915. The van der Waals surface area contributed by atoms with Crippen LogP contribution >= 0.6 is 7.82 Å². The van der Waals surface area contributed by atoms with Crippen LogP contribution in [0.4, 0.5) is 0 Å². The summed E-state index contributed by atoms with van der Waals surface area (Å²) in [6.07, 6.45) is 37.6. The second-order valence-electron chi connectivity index (χ2n) is 12.8. The third-order valence-corrected chi connectivity index (χ3v) is 9.03. The third-order valence-electron chi connectivity index (χ3n) is 8.04. The van der Waals surface area contributed by atoms with Gasteiger partial charge >= 0.3 is 19.8 Å². The molecular formula is C39H72NO8P. The minimum absolute atomic E-state index is 0.0444. The van der Waals surface area contributed by atoms with E-state index in [4.69, 9.17) is 24.3 Å². The fourth-order valence-corrected chi connectivity index (χ4v) is 5.90. The Labute approximate surface area is 299 Å². The zero-order valence-corrected chi connectivity index (χ0v) is 32.1. The number of carbonyl (C=O) groups is 2. The smallest absolute Gasteiger partial charge is 0.462 e. The molecule has 0 aliphatic heterocycles. The van der Waals surface area contributed by atoms with Gasteiger partial charge in [0.2, 0.25) is 0 Å². The van der Waals surface area contributed by atoms with Gasteiger partial charge in [-0.2, -0.15) is 0 Å². The monoisotopic (exact) mass is 713 g/mol. The van der Waals surface area contributed by atoms with E-state index in [9.17, 15) is 19.0 Å². The van der Waals surface area contributed by atoms with E-state index >= 15 is 0 Å². The average Bonchev–Trinajstić information content (AvgIpc) is 3.08. The maximum Gasteiger partial charge on any atom is 0.472 e. The van der Waals surface area contributed by atoms with Crippen LogP contribution in [-0.2, 0) is 32.7 Å². The third kappa shape index (κ3) is 35.8. The number of unbranched alkanes of at least 4 members (excludes halogenated alkanes) is 17. The Balaban J connectivity index is 4.32. The van der Waals surface area contributed by atoms with Crippen molar-refractivity contribution in [2.75, 3.05) is 26.4 Å². The molecule has 9 nitrogen and oxygen atoms in total. The summed E-state index contributed by atoms with van der Waals surface area (Å²) >= 11 is 0. The molecule has 0 fully saturated rings. The van der Waals surface area contributed by atoms with Crippen molar-refractivity contribution in [1.82, 2.24) is 0 Å². The molecular weight excluding hydrogens is 641 g/mol.